The Morgan fingerprint density at radius 1 is 1.35 bits per heavy atom. The number of carbonyl (C=O) groups excluding carboxylic acids is 2. The molecule has 2 rings (SSSR count). The number of Topliss-reactive ketones (excluding diaryl/α,β-unsaturated/α-hetero) is 1. The second-order valence-corrected chi connectivity index (χ2v) is 6.16. The van der Waals surface area contributed by atoms with Crippen LogP contribution >= 0.6 is 11.8 Å². The van der Waals surface area contributed by atoms with Crippen LogP contribution in [0.25, 0.3) is 0 Å². The summed E-state index contributed by atoms with van der Waals surface area (Å²) in [7, 11) is 0. The molecule has 1 amide bonds. The number of hydrogen-bond donors (Lipinski definition) is 0. The molecule has 1 fully saturated rings. The van der Waals surface area contributed by atoms with Gasteiger partial charge in [-0.25, -0.2) is 0 Å². The highest BCUT2D eigenvalue weighted by Gasteiger charge is 2.30. The van der Waals surface area contributed by atoms with Crippen LogP contribution in [0.2, 0.25) is 0 Å². The first-order chi connectivity index (χ1) is 9.63. The van der Waals surface area contributed by atoms with Gasteiger partial charge in [0.1, 0.15) is 0 Å². The number of likely N-dealkylation sites (tertiary alicyclic amines) is 1. The predicted molar refractivity (Wildman–Crippen MR) is 82.1 cm³/mol. The maximum Gasteiger partial charge on any atom is 0.223 e. The lowest BCUT2D eigenvalue weighted by atomic mass is 10.0. The molecule has 1 aromatic carbocycles. The fourth-order valence-corrected chi connectivity index (χ4v) is 3.06. The zero-order valence-corrected chi connectivity index (χ0v) is 12.9. The molecule has 1 unspecified atom stereocenters. The van der Waals surface area contributed by atoms with Crippen LogP contribution in [0, 0.1) is 5.92 Å². The molecule has 1 aliphatic rings. The minimum atomic E-state index is 0.0307. The van der Waals surface area contributed by atoms with E-state index in [-0.39, 0.29) is 18.2 Å². The van der Waals surface area contributed by atoms with Gasteiger partial charge in [0.2, 0.25) is 5.91 Å². The number of thioether (sulfide) groups is 1. The Morgan fingerprint density at radius 3 is 2.65 bits per heavy atom. The number of rotatable bonds is 6. The Hall–Kier alpha value is -1.29. The summed E-state index contributed by atoms with van der Waals surface area (Å²) in [4.78, 5) is 27.0. The van der Waals surface area contributed by atoms with E-state index in [0.717, 1.165) is 24.3 Å². The van der Waals surface area contributed by atoms with Gasteiger partial charge in [-0.3, -0.25) is 9.59 Å². The third-order valence-corrected chi connectivity index (χ3v) is 4.48. The van der Waals surface area contributed by atoms with E-state index >= 15 is 0 Å². The summed E-state index contributed by atoms with van der Waals surface area (Å²) in [6, 6.07) is 7.59. The van der Waals surface area contributed by atoms with E-state index in [4.69, 9.17) is 0 Å². The molecule has 0 bridgehead atoms. The Bertz CT molecular complexity index is 484. The van der Waals surface area contributed by atoms with Gasteiger partial charge in [0, 0.05) is 23.4 Å². The molecule has 108 valence electrons. The summed E-state index contributed by atoms with van der Waals surface area (Å²) in [5.41, 5.74) is 0.689. The third-order valence-electron chi connectivity index (χ3n) is 3.74. The lowest BCUT2D eigenvalue weighted by Gasteiger charge is -2.15. The van der Waals surface area contributed by atoms with Crippen LogP contribution in [0.4, 0.5) is 0 Å². The van der Waals surface area contributed by atoms with E-state index in [2.05, 4.69) is 6.92 Å². The van der Waals surface area contributed by atoms with E-state index in [0.29, 0.717) is 17.9 Å². The number of nitrogens with zero attached hydrogens (tertiary/aromatic N) is 1. The third kappa shape index (κ3) is 3.63. The largest absolute Gasteiger partial charge is 0.335 e. The van der Waals surface area contributed by atoms with E-state index in [1.54, 1.807) is 16.7 Å². The number of hydrogen-bond acceptors (Lipinski definition) is 3. The molecule has 4 heteroatoms. The predicted octanol–water partition coefficient (Wildman–Crippen LogP) is 3.24. The molecular formula is C16H21NO2S. The Kier molecular flexibility index (Phi) is 5.24. The van der Waals surface area contributed by atoms with Crippen LogP contribution in [-0.4, -0.2) is 35.9 Å². The Labute approximate surface area is 124 Å². The van der Waals surface area contributed by atoms with Gasteiger partial charge in [-0.1, -0.05) is 25.5 Å². The van der Waals surface area contributed by atoms with Crippen molar-refractivity contribution in [1.29, 1.82) is 0 Å². The van der Waals surface area contributed by atoms with Crippen molar-refractivity contribution in [3.05, 3.63) is 29.8 Å². The molecule has 1 aromatic rings. The highest BCUT2D eigenvalue weighted by molar-refractivity contribution is 7.98. The minimum Gasteiger partial charge on any atom is -0.335 e. The molecule has 1 saturated heterocycles. The maximum atomic E-state index is 12.2. The van der Waals surface area contributed by atoms with Gasteiger partial charge in [-0.15, -0.1) is 11.8 Å². The summed E-state index contributed by atoms with van der Waals surface area (Å²) in [5, 5.41) is 0. The standard InChI is InChI=1S/C16H21NO2S/c1-3-4-12-9-16(19)17(10-12)11-15(18)13-5-7-14(20-2)8-6-13/h5-8,12H,3-4,9-11H2,1-2H3. The summed E-state index contributed by atoms with van der Waals surface area (Å²) in [6.07, 6.45) is 4.77. The second-order valence-electron chi connectivity index (χ2n) is 5.28. The van der Waals surface area contributed by atoms with Gasteiger partial charge in [0.05, 0.1) is 6.54 Å². The summed E-state index contributed by atoms with van der Waals surface area (Å²) in [5.74, 6) is 0.583. The monoisotopic (exact) mass is 291 g/mol. The van der Waals surface area contributed by atoms with Gasteiger partial charge in [0.25, 0.3) is 0 Å². The number of carbonyl (C=O) groups is 2. The van der Waals surface area contributed by atoms with Crippen LogP contribution in [-0.2, 0) is 4.79 Å². The van der Waals surface area contributed by atoms with Crippen molar-refractivity contribution in [1.82, 2.24) is 4.90 Å². The normalized spacial score (nSPS) is 18.6. The second kappa shape index (κ2) is 6.93. The fraction of sp³-hybridized carbons (Fsp3) is 0.500. The topological polar surface area (TPSA) is 37.4 Å². The van der Waals surface area contributed by atoms with Crippen LogP contribution in [0.15, 0.2) is 29.2 Å². The molecule has 1 aliphatic heterocycles. The van der Waals surface area contributed by atoms with Crippen molar-refractivity contribution >= 4 is 23.5 Å². The van der Waals surface area contributed by atoms with Crippen LogP contribution in [0.3, 0.4) is 0 Å². The molecule has 0 saturated carbocycles. The fourth-order valence-electron chi connectivity index (χ4n) is 2.65. The quantitative estimate of drug-likeness (QED) is 0.596. The Morgan fingerprint density at radius 2 is 2.05 bits per heavy atom. The van der Waals surface area contributed by atoms with Gasteiger partial charge in [0.15, 0.2) is 5.78 Å². The molecule has 0 N–H and O–H groups in total. The van der Waals surface area contributed by atoms with Gasteiger partial charge < -0.3 is 4.90 Å². The van der Waals surface area contributed by atoms with Crippen molar-refractivity contribution in [3.63, 3.8) is 0 Å². The van der Waals surface area contributed by atoms with Gasteiger partial charge in [-0.2, -0.15) is 0 Å². The molecular weight excluding hydrogens is 270 g/mol. The van der Waals surface area contributed by atoms with Crippen molar-refractivity contribution < 1.29 is 9.59 Å². The molecule has 1 atom stereocenters. The number of amides is 1. The van der Waals surface area contributed by atoms with E-state index in [1.165, 1.54) is 0 Å². The SMILES string of the molecule is CCCC1CC(=O)N(CC(=O)c2ccc(SC)cc2)C1. The molecule has 0 spiro atoms. The zero-order chi connectivity index (χ0) is 14.5. The van der Waals surface area contributed by atoms with Crippen LogP contribution < -0.4 is 0 Å². The molecule has 0 radical (unpaired) electrons. The first kappa shape index (κ1) is 15.1. The Balaban J connectivity index is 1.95. The van der Waals surface area contributed by atoms with Crippen LogP contribution in [0.1, 0.15) is 36.5 Å². The summed E-state index contributed by atoms with van der Waals surface area (Å²) in [6.45, 7) is 3.09. The minimum absolute atomic E-state index is 0.0307. The first-order valence-corrected chi connectivity index (χ1v) is 8.31. The summed E-state index contributed by atoms with van der Waals surface area (Å²) < 4.78 is 0. The van der Waals surface area contributed by atoms with Crippen molar-refractivity contribution in [2.24, 2.45) is 5.92 Å². The first-order valence-electron chi connectivity index (χ1n) is 7.09. The lowest BCUT2D eigenvalue weighted by molar-refractivity contribution is -0.127. The molecule has 0 aliphatic carbocycles. The smallest absolute Gasteiger partial charge is 0.223 e. The summed E-state index contributed by atoms with van der Waals surface area (Å²) >= 11 is 1.65. The molecule has 1 heterocycles. The molecule has 0 aromatic heterocycles. The van der Waals surface area contributed by atoms with E-state index in [1.807, 2.05) is 30.5 Å². The average Bonchev–Trinajstić information content (AvgIpc) is 2.79. The average molecular weight is 291 g/mol. The zero-order valence-electron chi connectivity index (χ0n) is 12.1. The van der Waals surface area contributed by atoms with Crippen LogP contribution in [0.5, 0.6) is 0 Å². The molecule has 3 nitrogen and oxygen atoms in total. The van der Waals surface area contributed by atoms with Gasteiger partial charge >= 0.3 is 0 Å². The van der Waals surface area contributed by atoms with Crippen molar-refractivity contribution in [2.45, 2.75) is 31.1 Å². The maximum absolute atomic E-state index is 12.2. The lowest BCUT2D eigenvalue weighted by Crippen LogP contribution is -2.31. The number of benzene rings is 1. The van der Waals surface area contributed by atoms with Crippen molar-refractivity contribution in [3.8, 4) is 0 Å². The van der Waals surface area contributed by atoms with E-state index < -0.39 is 0 Å². The van der Waals surface area contributed by atoms with Crippen molar-refractivity contribution in [2.75, 3.05) is 19.3 Å². The number of ketones is 1. The van der Waals surface area contributed by atoms with E-state index in [9.17, 15) is 9.59 Å². The highest BCUT2D eigenvalue weighted by Crippen LogP contribution is 2.22. The van der Waals surface area contributed by atoms with Gasteiger partial charge in [-0.05, 0) is 30.7 Å². The molecule has 20 heavy (non-hydrogen) atoms. The highest BCUT2D eigenvalue weighted by atomic mass is 32.2.